The highest BCUT2D eigenvalue weighted by Crippen LogP contribution is 2.24. The molecule has 1 N–H and O–H groups in total. The summed E-state index contributed by atoms with van der Waals surface area (Å²) in [7, 11) is -3.78. The molecule has 1 atom stereocenters. The number of halogens is 1. The Morgan fingerprint density at radius 2 is 2.30 bits per heavy atom. The van der Waals surface area contributed by atoms with Crippen LogP contribution in [0.1, 0.15) is 25.3 Å². The molecule has 1 fully saturated rings. The molecule has 1 aromatic rings. The third-order valence-corrected chi connectivity index (χ3v) is 4.70. The van der Waals surface area contributed by atoms with Crippen molar-refractivity contribution < 1.29 is 17.5 Å². The van der Waals surface area contributed by atoms with Gasteiger partial charge in [-0.15, -0.1) is 0 Å². The van der Waals surface area contributed by atoms with Gasteiger partial charge in [-0.05, 0) is 38.0 Å². The van der Waals surface area contributed by atoms with E-state index in [2.05, 4.69) is 4.72 Å². The topological polar surface area (TPSA) is 79.2 Å². The molecule has 1 heterocycles. The number of rotatable bonds is 4. The first-order chi connectivity index (χ1) is 9.36. The van der Waals surface area contributed by atoms with Crippen molar-refractivity contribution in [1.82, 2.24) is 4.72 Å². The van der Waals surface area contributed by atoms with Gasteiger partial charge in [0.2, 0.25) is 10.0 Å². The van der Waals surface area contributed by atoms with Gasteiger partial charge in [0.1, 0.15) is 11.9 Å². The van der Waals surface area contributed by atoms with Crippen molar-refractivity contribution in [3.05, 3.63) is 29.6 Å². The Bertz CT molecular complexity index is 646. The van der Waals surface area contributed by atoms with E-state index >= 15 is 0 Å². The van der Waals surface area contributed by atoms with Gasteiger partial charge in [-0.25, -0.2) is 17.5 Å². The first kappa shape index (κ1) is 14.9. The van der Waals surface area contributed by atoms with Gasteiger partial charge in [0.25, 0.3) is 0 Å². The third-order valence-electron chi connectivity index (χ3n) is 3.31. The number of sulfonamides is 1. The lowest BCUT2D eigenvalue weighted by Crippen LogP contribution is -2.40. The van der Waals surface area contributed by atoms with E-state index in [1.807, 2.05) is 6.92 Å². The minimum absolute atomic E-state index is 0.128. The lowest BCUT2D eigenvalue weighted by Gasteiger charge is -2.23. The van der Waals surface area contributed by atoms with Crippen molar-refractivity contribution in [3.8, 4) is 6.07 Å². The molecule has 2 rings (SSSR count). The number of nitrogens with zero attached hydrogens (tertiary/aromatic N) is 1. The van der Waals surface area contributed by atoms with E-state index in [9.17, 15) is 12.8 Å². The summed E-state index contributed by atoms with van der Waals surface area (Å²) < 4.78 is 45.4. The van der Waals surface area contributed by atoms with Crippen LogP contribution in [0.15, 0.2) is 23.1 Å². The van der Waals surface area contributed by atoms with E-state index in [1.54, 1.807) is 6.07 Å². The lowest BCUT2D eigenvalue weighted by molar-refractivity contribution is 0.0250. The Labute approximate surface area is 117 Å². The van der Waals surface area contributed by atoms with Crippen molar-refractivity contribution in [2.45, 2.75) is 30.3 Å². The van der Waals surface area contributed by atoms with Crippen LogP contribution in [-0.4, -0.2) is 27.2 Å². The monoisotopic (exact) mass is 298 g/mol. The summed E-state index contributed by atoms with van der Waals surface area (Å²) in [5, 5.41) is 8.73. The third kappa shape index (κ3) is 3.15. The zero-order valence-corrected chi connectivity index (χ0v) is 11.8. The second-order valence-electron chi connectivity index (χ2n) is 4.98. The maximum Gasteiger partial charge on any atom is 0.240 e. The highest BCUT2D eigenvalue weighted by molar-refractivity contribution is 7.89. The second-order valence-corrected chi connectivity index (χ2v) is 6.75. The number of benzene rings is 1. The van der Waals surface area contributed by atoms with Gasteiger partial charge in [0.05, 0.1) is 16.1 Å². The molecule has 1 aromatic carbocycles. The quantitative estimate of drug-likeness (QED) is 0.914. The second kappa shape index (κ2) is 5.48. The molecule has 0 spiro atoms. The Morgan fingerprint density at radius 1 is 1.55 bits per heavy atom. The average molecular weight is 298 g/mol. The fourth-order valence-corrected chi connectivity index (χ4v) is 3.25. The summed E-state index contributed by atoms with van der Waals surface area (Å²) in [6.45, 7) is 2.61. The van der Waals surface area contributed by atoms with Crippen LogP contribution < -0.4 is 4.72 Å². The number of hydrogen-bond donors (Lipinski definition) is 1. The van der Waals surface area contributed by atoms with Gasteiger partial charge in [-0.1, -0.05) is 0 Å². The Morgan fingerprint density at radius 3 is 2.90 bits per heavy atom. The molecule has 108 valence electrons. The summed E-state index contributed by atoms with van der Waals surface area (Å²) in [6, 6.07) is 4.75. The molecule has 5 nitrogen and oxygen atoms in total. The molecule has 0 aliphatic carbocycles. The summed E-state index contributed by atoms with van der Waals surface area (Å²) >= 11 is 0. The molecule has 20 heavy (non-hydrogen) atoms. The summed E-state index contributed by atoms with van der Waals surface area (Å²) in [6.07, 6.45) is 1.68. The molecular weight excluding hydrogens is 283 g/mol. The van der Waals surface area contributed by atoms with E-state index in [0.717, 1.165) is 31.0 Å². The highest BCUT2D eigenvalue weighted by atomic mass is 32.2. The van der Waals surface area contributed by atoms with Crippen molar-refractivity contribution in [2.75, 3.05) is 13.2 Å². The summed E-state index contributed by atoms with van der Waals surface area (Å²) in [4.78, 5) is -0.128. The molecule has 1 unspecified atom stereocenters. The first-order valence-electron chi connectivity index (χ1n) is 6.20. The van der Waals surface area contributed by atoms with E-state index in [0.29, 0.717) is 6.61 Å². The molecule has 1 aliphatic rings. The van der Waals surface area contributed by atoms with Gasteiger partial charge in [-0.2, -0.15) is 5.26 Å². The molecule has 0 saturated carbocycles. The predicted octanol–water partition coefficient (Wildman–Crippen LogP) is 1.54. The zero-order valence-electron chi connectivity index (χ0n) is 11.0. The maximum absolute atomic E-state index is 13.2. The van der Waals surface area contributed by atoms with Crippen molar-refractivity contribution in [3.63, 3.8) is 0 Å². The maximum atomic E-state index is 13.2. The van der Waals surface area contributed by atoms with Crippen LogP contribution in [0.25, 0.3) is 0 Å². The smallest absolute Gasteiger partial charge is 0.240 e. The number of ether oxygens (including phenoxy) is 1. The van der Waals surface area contributed by atoms with E-state index in [4.69, 9.17) is 10.00 Å². The van der Waals surface area contributed by atoms with Crippen LogP contribution in [0.5, 0.6) is 0 Å². The molecule has 1 aliphatic heterocycles. The standard InChI is InChI=1S/C13H15FN2O3S/c1-13(5-2-6-19-13)9-16-20(17,18)11-3-4-12(14)10(7-11)8-15/h3-4,7,16H,2,5-6,9H2,1H3. The SMILES string of the molecule is CC1(CNS(=O)(=O)c2ccc(F)c(C#N)c2)CCCO1. The molecule has 0 bridgehead atoms. The average Bonchev–Trinajstić information content (AvgIpc) is 2.85. The molecular formula is C13H15FN2O3S. The number of nitrogens with one attached hydrogen (secondary N) is 1. The van der Waals surface area contributed by atoms with Crippen LogP contribution in [0.2, 0.25) is 0 Å². The van der Waals surface area contributed by atoms with Gasteiger partial charge < -0.3 is 4.74 Å². The van der Waals surface area contributed by atoms with Gasteiger partial charge in [0.15, 0.2) is 0 Å². The fraction of sp³-hybridized carbons (Fsp3) is 0.462. The van der Waals surface area contributed by atoms with Crippen LogP contribution in [0, 0.1) is 17.1 Å². The summed E-state index contributed by atoms with van der Waals surface area (Å²) in [5.74, 6) is -0.738. The van der Waals surface area contributed by atoms with Crippen LogP contribution >= 0.6 is 0 Å². The minimum Gasteiger partial charge on any atom is -0.374 e. The fourth-order valence-electron chi connectivity index (χ4n) is 2.06. The number of hydrogen-bond acceptors (Lipinski definition) is 4. The Balaban J connectivity index is 2.16. The van der Waals surface area contributed by atoms with E-state index in [1.165, 1.54) is 0 Å². The minimum atomic E-state index is -3.78. The van der Waals surface area contributed by atoms with Gasteiger partial charge in [-0.3, -0.25) is 0 Å². The molecule has 0 amide bonds. The lowest BCUT2D eigenvalue weighted by atomic mass is 10.0. The molecule has 1 saturated heterocycles. The van der Waals surface area contributed by atoms with E-state index < -0.39 is 21.4 Å². The van der Waals surface area contributed by atoms with Gasteiger partial charge >= 0.3 is 0 Å². The first-order valence-corrected chi connectivity index (χ1v) is 7.68. The number of nitriles is 1. The van der Waals surface area contributed by atoms with E-state index in [-0.39, 0.29) is 17.0 Å². The largest absolute Gasteiger partial charge is 0.374 e. The molecule has 0 radical (unpaired) electrons. The van der Waals surface area contributed by atoms with Crippen molar-refractivity contribution in [2.24, 2.45) is 0 Å². The molecule has 0 aromatic heterocycles. The van der Waals surface area contributed by atoms with Crippen molar-refractivity contribution in [1.29, 1.82) is 5.26 Å². The van der Waals surface area contributed by atoms with Crippen LogP contribution in [0.4, 0.5) is 4.39 Å². The van der Waals surface area contributed by atoms with Crippen LogP contribution in [-0.2, 0) is 14.8 Å². The van der Waals surface area contributed by atoms with Crippen LogP contribution in [0.3, 0.4) is 0 Å². The summed E-state index contributed by atoms with van der Waals surface area (Å²) in [5.41, 5.74) is -0.804. The normalized spacial score (nSPS) is 22.6. The highest BCUT2D eigenvalue weighted by Gasteiger charge is 2.31. The Kier molecular flexibility index (Phi) is 4.09. The molecule has 7 heteroatoms. The Hall–Kier alpha value is -1.49. The zero-order chi connectivity index (χ0) is 14.8. The van der Waals surface area contributed by atoms with Crippen molar-refractivity contribution >= 4 is 10.0 Å². The van der Waals surface area contributed by atoms with Gasteiger partial charge in [0, 0.05) is 13.2 Å². The predicted molar refractivity (Wildman–Crippen MR) is 69.9 cm³/mol.